The van der Waals surface area contributed by atoms with E-state index >= 15 is 0 Å². The van der Waals surface area contributed by atoms with Gasteiger partial charge in [0, 0.05) is 12.7 Å². The molecule has 1 aliphatic rings. The average Bonchev–Trinajstić information content (AvgIpc) is 3.38. The van der Waals surface area contributed by atoms with Crippen molar-refractivity contribution in [3.05, 3.63) is 65.1 Å². The minimum absolute atomic E-state index is 0.0359. The molecule has 37 heavy (non-hydrogen) atoms. The SMILES string of the molecule is CCN(CC)CCCN1C(=O)C(=O)C(=C(O)c2c(C)nc3ccccn23)[C@@H]1c1ccc(OC)c(OC)c1. The van der Waals surface area contributed by atoms with Gasteiger partial charge in [0.05, 0.1) is 31.5 Å². The number of pyridine rings is 1. The number of Topliss-reactive ketones (excluding diaryl/α,β-unsaturated/α-hetero) is 1. The Morgan fingerprint density at radius 2 is 1.81 bits per heavy atom. The maximum atomic E-state index is 13.5. The lowest BCUT2D eigenvalue weighted by molar-refractivity contribution is -0.140. The van der Waals surface area contributed by atoms with Crippen molar-refractivity contribution in [3.63, 3.8) is 0 Å². The van der Waals surface area contributed by atoms with Gasteiger partial charge in [0.1, 0.15) is 11.3 Å². The molecule has 1 atom stereocenters. The van der Waals surface area contributed by atoms with Crippen LogP contribution < -0.4 is 9.47 Å². The van der Waals surface area contributed by atoms with E-state index in [0.717, 1.165) is 19.6 Å². The number of carbonyl (C=O) groups excluding carboxylic acids is 2. The average molecular weight is 507 g/mol. The quantitative estimate of drug-likeness (QED) is 0.254. The third-order valence-corrected chi connectivity index (χ3v) is 6.96. The molecule has 0 radical (unpaired) electrons. The Morgan fingerprint density at radius 1 is 1.08 bits per heavy atom. The number of ketones is 1. The molecule has 0 unspecified atom stereocenters. The zero-order chi connectivity index (χ0) is 26.7. The van der Waals surface area contributed by atoms with Gasteiger partial charge < -0.3 is 24.4 Å². The number of imidazole rings is 1. The highest BCUT2D eigenvalue weighted by molar-refractivity contribution is 6.46. The van der Waals surface area contributed by atoms with E-state index in [1.54, 1.807) is 47.7 Å². The molecule has 0 aliphatic carbocycles. The van der Waals surface area contributed by atoms with Crippen molar-refractivity contribution in [2.75, 3.05) is 40.4 Å². The van der Waals surface area contributed by atoms with Gasteiger partial charge in [-0.1, -0.05) is 26.0 Å². The molecule has 2 aromatic heterocycles. The Balaban J connectivity index is 1.86. The number of hydrogen-bond donors (Lipinski definition) is 1. The summed E-state index contributed by atoms with van der Waals surface area (Å²) in [5.74, 6) is -0.597. The fourth-order valence-corrected chi connectivity index (χ4v) is 5.01. The van der Waals surface area contributed by atoms with Gasteiger partial charge in [-0.3, -0.25) is 14.0 Å². The molecule has 0 spiro atoms. The lowest BCUT2D eigenvalue weighted by Crippen LogP contribution is -2.33. The zero-order valence-corrected chi connectivity index (χ0v) is 22.0. The Bertz CT molecular complexity index is 1340. The number of rotatable bonds is 10. The summed E-state index contributed by atoms with van der Waals surface area (Å²) in [5, 5.41) is 11.6. The monoisotopic (exact) mass is 506 g/mol. The summed E-state index contributed by atoms with van der Waals surface area (Å²) in [7, 11) is 3.08. The molecule has 1 N–H and O–H groups in total. The smallest absolute Gasteiger partial charge is 0.295 e. The number of aromatic nitrogens is 2. The second kappa shape index (κ2) is 11.0. The van der Waals surface area contributed by atoms with Gasteiger partial charge in [-0.05, 0) is 62.8 Å². The number of aliphatic hydroxyl groups is 1. The molecule has 1 aliphatic heterocycles. The van der Waals surface area contributed by atoms with Gasteiger partial charge in [-0.25, -0.2) is 4.98 Å². The number of benzene rings is 1. The van der Waals surface area contributed by atoms with Crippen molar-refractivity contribution in [2.45, 2.75) is 33.2 Å². The summed E-state index contributed by atoms with van der Waals surface area (Å²) in [6, 6.07) is 9.99. The van der Waals surface area contributed by atoms with E-state index < -0.39 is 17.7 Å². The molecule has 1 amide bonds. The van der Waals surface area contributed by atoms with Crippen LogP contribution in [-0.4, -0.2) is 76.4 Å². The number of hydrogen-bond acceptors (Lipinski definition) is 7. The van der Waals surface area contributed by atoms with Crippen molar-refractivity contribution in [1.29, 1.82) is 0 Å². The number of aryl methyl sites for hydroxylation is 1. The van der Waals surface area contributed by atoms with E-state index in [2.05, 4.69) is 23.7 Å². The molecular weight excluding hydrogens is 472 g/mol. The van der Waals surface area contributed by atoms with Gasteiger partial charge in [0.2, 0.25) is 0 Å². The number of methoxy groups -OCH3 is 2. The van der Waals surface area contributed by atoms with Crippen LogP contribution in [0.25, 0.3) is 11.4 Å². The van der Waals surface area contributed by atoms with Crippen LogP contribution in [0.15, 0.2) is 48.2 Å². The van der Waals surface area contributed by atoms with Crippen LogP contribution >= 0.6 is 0 Å². The normalized spacial score (nSPS) is 17.2. The number of likely N-dealkylation sites (tertiary alicyclic amines) is 1. The third kappa shape index (κ3) is 4.79. The molecule has 3 aromatic rings. The van der Waals surface area contributed by atoms with Crippen LogP contribution in [0, 0.1) is 6.92 Å². The highest BCUT2D eigenvalue weighted by atomic mass is 16.5. The van der Waals surface area contributed by atoms with Crippen molar-refractivity contribution in [3.8, 4) is 11.5 Å². The number of nitrogens with zero attached hydrogens (tertiary/aromatic N) is 4. The van der Waals surface area contributed by atoms with E-state index in [9.17, 15) is 14.7 Å². The minimum atomic E-state index is -0.787. The largest absolute Gasteiger partial charge is 0.505 e. The Hall–Kier alpha value is -3.85. The molecule has 1 fully saturated rings. The maximum Gasteiger partial charge on any atom is 0.295 e. The van der Waals surface area contributed by atoms with Gasteiger partial charge in [-0.2, -0.15) is 0 Å². The third-order valence-electron chi connectivity index (χ3n) is 6.96. The summed E-state index contributed by atoms with van der Waals surface area (Å²) in [6.07, 6.45) is 2.46. The lowest BCUT2D eigenvalue weighted by Gasteiger charge is -2.27. The summed E-state index contributed by atoms with van der Waals surface area (Å²) in [5.41, 5.74) is 2.27. The summed E-state index contributed by atoms with van der Waals surface area (Å²) in [6.45, 7) is 8.93. The second-order valence-electron chi connectivity index (χ2n) is 8.96. The molecule has 4 rings (SSSR count). The maximum absolute atomic E-state index is 13.5. The molecule has 9 nitrogen and oxygen atoms in total. The Kier molecular flexibility index (Phi) is 7.83. The highest BCUT2D eigenvalue weighted by Crippen LogP contribution is 2.42. The highest BCUT2D eigenvalue weighted by Gasteiger charge is 2.46. The molecule has 0 bridgehead atoms. The summed E-state index contributed by atoms with van der Waals surface area (Å²) >= 11 is 0. The molecule has 1 saturated heterocycles. The van der Waals surface area contributed by atoms with E-state index in [1.807, 2.05) is 18.2 Å². The van der Waals surface area contributed by atoms with Crippen LogP contribution in [0.5, 0.6) is 11.5 Å². The fraction of sp³-hybridized carbons (Fsp3) is 0.393. The van der Waals surface area contributed by atoms with Gasteiger partial charge >= 0.3 is 0 Å². The molecule has 9 heteroatoms. The Labute approximate surface area is 216 Å². The lowest BCUT2D eigenvalue weighted by atomic mass is 9.95. The number of amides is 1. The topological polar surface area (TPSA) is 96.6 Å². The summed E-state index contributed by atoms with van der Waals surface area (Å²) < 4.78 is 12.6. The first-order valence-corrected chi connectivity index (χ1v) is 12.5. The van der Waals surface area contributed by atoms with E-state index in [4.69, 9.17) is 9.47 Å². The van der Waals surface area contributed by atoms with Crippen molar-refractivity contribution in [1.82, 2.24) is 19.2 Å². The first-order valence-electron chi connectivity index (χ1n) is 12.5. The van der Waals surface area contributed by atoms with Gasteiger partial charge in [0.15, 0.2) is 17.3 Å². The fourth-order valence-electron chi connectivity index (χ4n) is 5.01. The number of fused-ring (bicyclic) bond motifs is 1. The van der Waals surface area contributed by atoms with E-state index in [-0.39, 0.29) is 11.3 Å². The molecule has 196 valence electrons. The van der Waals surface area contributed by atoms with Crippen LogP contribution in [0.2, 0.25) is 0 Å². The van der Waals surface area contributed by atoms with Gasteiger partial charge in [-0.15, -0.1) is 0 Å². The predicted molar refractivity (Wildman–Crippen MR) is 141 cm³/mol. The molecule has 3 heterocycles. The van der Waals surface area contributed by atoms with Crippen LogP contribution in [0.1, 0.15) is 43.3 Å². The standard InChI is InChI=1S/C28H34N4O5/c1-6-30(7-2)14-10-16-32-25(19-12-13-20(36-4)21(17-19)37-5)23(27(34)28(32)35)26(33)24-18(3)29-22-11-8-9-15-31(22)24/h8-9,11-13,15,17,25,33H,6-7,10,14,16H2,1-5H3/t25-/m0/s1. The van der Waals surface area contributed by atoms with E-state index in [0.29, 0.717) is 47.1 Å². The van der Waals surface area contributed by atoms with Crippen LogP contribution in [0.3, 0.4) is 0 Å². The first kappa shape index (κ1) is 26.2. The van der Waals surface area contributed by atoms with Crippen molar-refractivity contribution < 1.29 is 24.2 Å². The van der Waals surface area contributed by atoms with Crippen molar-refractivity contribution >= 4 is 23.1 Å². The van der Waals surface area contributed by atoms with E-state index in [1.165, 1.54) is 7.11 Å². The number of carbonyl (C=O) groups is 2. The van der Waals surface area contributed by atoms with Crippen molar-refractivity contribution in [2.24, 2.45) is 0 Å². The number of aliphatic hydroxyl groups excluding tert-OH is 1. The minimum Gasteiger partial charge on any atom is -0.505 e. The second-order valence-corrected chi connectivity index (χ2v) is 8.96. The van der Waals surface area contributed by atoms with Gasteiger partial charge in [0.25, 0.3) is 11.7 Å². The van der Waals surface area contributed by atoms with Crippen LogP contribution in [0.4, 0.5) is 0 Å². The first-order chi connectivity index (χ1) is 17.9. The molecule has 0 saturated carbocycles. The van der Waals surface area contributed by atoms with Crippen LogP contribution in [-0.2, 0) is 9.59 Å². The molecule has 1 aromatic carbocycles. The summed E-state index contributed by atoms with van der Waals surface area (Å²) in [4.78, 5) is 35.2. The Morgan fingerprint density at radius 3 is 2.49 bits per heavy atom. The predicted octanol–water partition coefficient (Wildman–Crippen LogP) is 3.81. The zero-order valence-electron chi connectivity index (χ0n) is 22.0. The number of ether oxygens (including phenoxy) is 2. The molecular formula is C28H34N4O5.